The lowest BCUT2D eigenvalue weighted by molar-refractivity contribution is 0.867. The van der Waals surface area contributed by atoms with Gasteiger partial charge in [-0.3, -0.25) is 0 Å². The number of fused-ring (bicyclic) bond motifs is 1. The number of hydrogen-bond donors (Lipinski definition) is 0. The monoisotopic (exact) mass is 235 g/mol. The predicted octanol–water partition coefficient (Wildman–Crippen LogP) is 4.33. The molecular formula is C17H17N. The maximum Gasteiger partial charge on any atom is 0.0494 e. The van der Waals surface area contributed by atoms with Crippen LogP contribution in [-0.4, -0.2) is 6.04 Å². The summed E-state index contributed by atoms with van der Waals surface area (Å²) < 4.78 is 0. The summed E-state index contributed by atoms with van der Waals surface area (Å²) in [5.41, 5.74) is 3.96. The van der Waals surface area contributed by atoms with E-state index in [1.165, 1.54) is 16.9 Å². The van der Waals surface area contributed by atoms with Crippen molar-refractivity contribution >= 4 is 11.4 Å². The van der Waals surface area contributed by atoms with Crippen LogP contribution in [0, 0.1) is 0 Å². The lowest BCUT2D eigenvalue weighted by atomic mass is 10.1. The summed E-state index contributed by atoms with van der Waals surface area (Å²) in [5, 5.41) is 0. The number of rotatable bonds is 1. The molecule has 1 aliphatic rings. The molecule has 0 amide bonds. The van der Waals surface area contributed by atoms with Crippen LogP contribution in [0.1, 0.15) is 12.5 Å². The Hall–Kier alpha value is -2.02. The van der Waals surface area contributed by atoms with Gasteiger partial charge in [0.2, 0.25) is 0 Å². The van der Waals surface area contributed by atoms with E-state index in [1.54, 1.807) is 0 Å². The molecule has 1 unspecified atom stereocenters. The average molecular weight is 235 g/mol. The van der Waals surface area contributed by atoms with Gasteiger partial charge in [0.15, 0.2) is 0 Å². The summed E-state index contributed by atoms with van der Waals surface area (Å²) in [6.07, 6.45) is 5.57. The van der Waals surface area contributed by atoms with Gasteiger partial charge in [-0.25, -0.2) is 0 Å². The van der Waals surface area contributed by atoms with Crippen molar-refractivity contribution in [1.29, 1.82) is 0 Å². The van der Waals surface area contributed by atoms with Gasteiger partial charge in [0, 0.05) is 17.4 Å². The van der Waals surface area contributed by atoms with Crippen molar-refractivity contribution in [3.8, 4) is 0 Å². The summed E-state index contributed by atoms with van der Waals surface area (Å²) in [6.45, 7) is 2.24. The minimum atomic E-state index is 0.385. The molecule has 0 saturated heterocycles. The molecule has 0 saturated carbocycles. The van der Waals surface area contributed by atoms with Crippen LogP contribution in [0.15, 0.2) is 66.7 Å². The zero-order valence-electron chi connectivity index (χ0n) is 10.6. The van der Waals surface area contributed by atoms with Crippen LogP contribution >= 0.6 is 0 Å². The third-order valence-electron chi connectivity index (χ3n) is 3.45. The summed E-state index contributed by atoms with van der Waals surface area (Å²) in [5.74, 6) is 0. The Morgan fingerprint density at radius 3 is 2.50 bits per heavy atom. The molecule has 2 aromatic rings. The molecule has 1 heteroatoms. The Bertz CT molecular complexity index is 557. The first-order valence-electron chi connectivity index (χ1n) is 6.45. The molecule has 0 aromatic heterocycles. The molecule has 0 bridgehead atoms. The van der Waals surface area contributed by atoms with Crippen LogP contribution in [0.2, 0.25) is 0 Å². The van der Waals surface area contributed by atoms with Gasteiger partial charge in [-0.2, -0.15) is 0 Å². The first-order valence-corrected chi connectivity index (χ1v) is 6.45. The van der Waals surface area contributed by atoms with E-state index in [0.29, 0.717) is 6.04 Å². The highest BCUT2D eigenvalue weighted by atomic mass is 15.2. The molecule has 2 aromatic carbocycles. The molecule has 1 heterocycles. The number of benzene rings is 2. The molecule has 90 valence electrons. The third kappa shape index (κ3) is 1.92. The Morgan fingerprint density at radius 2 is 1.67 bits per heavy atom. The molecule has 0 N–H and O–H groups in total. The van der Waals surface area contributed by atoms with Crippen molar-refractivity contribution in [2.45, 2.75) is 19.4 Å². The predicted molar refractivity (Wildman–Crippen MR) is 77.3 cm³/mol. The van der Waals surface area contributed by atoms with Gasteiger partial charge in [-0.05, 0) is 37.1 Å². The summed E-state index contributed by atoms with van der Waals surface area (Å²) >= 11 is 0. The summed E-state index contributed by atoms with van der Waals surface area (Å²) in [4.78, 5) is 2.40. The van der Waals surface area contributed by atoms with Crippen molar-refractivity contribution in [3.05, 3.63) is 72.3 Å². The van der Waals surface area contributed by atoms with E-state index in [9.17, 15) is 0 Å². The van der Waals surface area contributed by atoms with Gasteiger partial charge >= 0.3 is 0 Å². The molecular weight excluding hydrogens is 218 g/mol. The van der Waals surface area contributed by atoms with Gasteiger partial charge in [-0.15, -0.1) is 0 Å². The fourth-order valence-corrected chi connectivity index (χ4v) is 2.58. The number of para-hydroxylation sites is 2. The fourth-order valence-electron chi connectivity index (χ4n) is 2.58. The van der Waals surface area contributed by atoms with E-state index in [2.05, 4.69) is 78.6 Å². The summed E-state index contributed by atoms with van der Waals surface area (Å²) in [6, 6.07) is 19.7. The molecule has 0 aliphatic carbocycles. The van der Waals surface area contributed by atoms with E-state index in [4.69, 9.17) is 0 Å². The highest BCUT2D eigenvalue weighted by Crippen LogP contribution is 2.33. The maximum absolute atomic E-state index is 2.40. The molecule has 1 aliphatic heterocycles. The van der Waals surface area contributed by atoms with Gasteiger partial charge in [0.25, 0.3) is 0 Å². The van der Waals surface area contributed by atoms with Crippen molar-refractivity contribution in [2.24, 2.45) is 0 Å². The standard InChI is InChI=1S/C17H17N/c1-14-8-7-10-15-9-5-6-13-17(15)18(14)16-11-3-2-4-12-16/h2-9,11-14H,10H2,1H3. The Balaban J connectivity index is 2.14. The van der Waals surface area contributed by atoms with Crippen LogP contribution < -0.4 is 4.90 Å². The van der Waals surface area contributed by atoms with Crippen LogP contribution in [-0.2, 0) is 6.42 Å². The molecule has 0 fully saturated rings. The maximum atomic E-state index is 2.40. The zero-order valence-corrected chi connectivity index (χ0v) is 10.6. The van der Waals surface area contributed by atoms with Crippen molar-refractivity contribution < 1.29 is 0 Å². The fraction of sp³-hybridized carbons (Fsp3) is 0.176. The van der Waals surface area contributed by atoms with Gasteiger partial charge in [0.05, 0.1) is 0 Å². The lowest BCUT2D eigenvalue weighted by Gasteiger charge is -2.30. The van der Waals surface area contributed by atoms with E-state index in [0.717, 1.165) is 6.42 Å². The van der Waals surface area contributed by atoms with Crippen molar-refractivity contribution in [1.82, 2.24) is 0 Å². The van der Waals surface area contributed by atoms with Crippen LogP contribution in [0.3, 0.4) is 0 Å². The quantitative estimate of drug-likeness (QED) is 0.665. The smallest absolute Gasteiger partial charge is 0.0494 e. The second kappa shape index (κ2) is 4.69. The van der Waals surface area contributed by atoms with Crippen molar-refractivity contribution in [3.63, 3.8) is 0 Å². The SMILES string of the molecule is CC1C=CCc2ccccc2N1c1ccccc1. The van der Waals surface area contributed by atoms with Crippen LogP contribution in [0.5, 0.6) is 0 Å². The first-order chi connectivity index (χ1) is 8.86. The Kier molecular flexibility index (Phi) is 2.89. The average Bonchev–Trinajstić information content (AvgIpc) is 2.58. The third-order valence-corrected chi connectivity index (χ3v) is 3.45. The molecule has 0 spiro atoms. The molecule has 0 radical (unpaired) electrons. The molecule has 1 nitrogen and oxygen atoms in total. The van der Waals surface area contributed by atoms with Gasteiger partial charge in [-0.1, -0.05) is 48.6 Å². The lowest BCUT2D eigenvalue weighted by Crippen LogP contribution is -2.26. The highest BCUT2D eigenvalue weighted by molar-refractivity contribution is 5.69. The van der Waals surface area contributed by atoms with E-state index >= 15 is 0 Å². The minimum absolute atomic E-state index is 0.385. The largest absolute Gasteiger partial charge is 0.335 e. The first kappa shape index (κ1) is 11.1. The Labute approximate surface area is 108 Å². The number of anilines is 2. The van der Waals surface area contributed by atoms with Gasteiger partial charge in [0.1, 0.15) is 0 Å². The molecule has 1 atom stereocenters. The van der Waals surface area contributed by atoms with Crippen LogP contribution in [0.4, 0.5) is 11.4 Å². The number of hydrogen-bond acceptors (Lipinski definition) is 1. The van der Waals surface area contributed by atoms with Crippen molar-refractivity contribution in [2.75, 3.05) is 4.90 Å². The second-order valence-electron chi connectivity index (χ2n) is 4.71. The number of allylic oxidation sites excluding steroid dienone is 1. The van der Waals surface area contributed by atoms with Crippen LogP contribution in [0.25, 0.3) is 0 Å². The number of nitrogens with zero attached hydrogens (tertiary/aromatic N) is 1. The molecule has 18 heavy (non-hydrogen) atoms. The van der Waals surface area contributed by atoms with E-state index in [-0.39, 0.29) is 0 Å². The summed E-state index contributed by atoms with van der Waals surface area (Å²) in [7, 11) is 0. The zero-order chi connectivity index (χ0) is 12.4. The topological polar surface area (TPSA) is 3.24 Å². The molecule has 3 rings (SSSR count). The minimum Gasteiger partial charge on any atom is -0.335 e. The van der Waals surface area contributed by atoms with E-state index in [1.807, 2.05) is 0 Å². The highest BCUT2D eigenvalue weighted by Gasteiger charge is 2.18. The second-order valence-corrected chi connectivity index (χ2v) is 4.71. The van der Waals surface area contributed by atoms with Gasteiger partial charge < -0.3 is 4.90 Å². The normalized spacial score (nSPS) is 18.3. The Morgan fingerprint density at radius 1 is 0.944 bits per heavy atom. The van der Waals surface area contributed by atoms with E-state index < -0.39 is 0 Å².